The lowest BCUT2D eigenvalue weighted by Gasteiger charge is -2.34. The van der Waals surface area contributed by atoms with E-state index in [1.807, 2.05) is 29.2 Å². The number of amides is 3. The number of hydrogen-bond acceptors (Lipinski definition) is 4. The van der Waals surface area contributed by atoms with Crippen LogP contribution in [-0.2, 0) is 4.74 Å². The predicted molar refractivity (Wildman–Crippen MR) is 141 cm³/mol. The van der Waals surface area contributed by atoms with Crippen LogP contribution in [0.2, 0.25) is 0 Å². The SMILES string of the molecule is N#CC1C=CC(C2CCN(C(=O)c3ccc(C4CCC4)c(NC(=O)N[C@@H]4CC45CCCO5)c3)CC2)=CC1. The number of hydrogen-bond donors (Lipinski definition) is 2. The zero-order valence-electron chi connectivity index (χ0n) is 21.4. The van der Waals surface area contributed by atoms with Gasteiger partial charge in [0.05, 0.1) is 23.6 Å². The standard InChI is InChI=1S/C30H36N4O3/c31-19-20-5-7-21(8-6-20)22-11-14-34(15-12-22)28(35)24-9-10-25(23-3-1-4-23)26(17-24)32-29(36)33-27-18-30(27)13-2-16-37-30/h5,7-10,17,20,22-23,27H,1-4,6,11-16,18H2,(H2,32,33,36)/t20?,27-,30?/m1/s1. The summed E-state index contributed by atoms with van der Waals surface area (Å²) < 4.78 is 5.86. The molecule has 4 fully saturated rings. The number of allylic oxidation sites excluding steroid dienone is 4. The molecule has 2 saturated heterocycles. The normalized spacial score (nSPS) is 29.4. The second kappa shape index (κ2) is 9.98. The Morgan fingerprint density at radius 1 is 1.11 bits per heavy atom. The summed E-state index contributed by atoms with van der Waals surface area (Å²) in [6.45, 7) is 2.21. The van der Waals surface area contributed by atoms with E-state index in [1.165, 1.54) is 12.0 Å². The quantitative estimate of drug-likeness (QED) is 0.575. The first kappa shape index (κ1) is 24.2. The molecule has 1 spiro atoms. The van der Waals surface area contributed by atoms with Gasteiger partial charge in [-0.25, -0.2) is 4.79 Å². The molecule has 1 aromatic carbocycles. The molecule has 7 nitrogen and oxygen atoms in total. The molecule has 7 heteroatoms. The summed E-state index contributed by atoms with van der Waals surface area (Å²) in [6.07, 6.45) is 15.3. The van der Waals surface area contributed by atoms with Crippen LogP contribution in [0.5, 0.6) is 0 Å². The number of likely N-dealkylation sites (tertiary alicyclic amines) is 1. The minimum Gasteiger partial charge on any atom is -0.373 e. The fourth-order valence-electron chi connectivity index (χ4n) is 6.45. The first-order valence-corrected chi connectivity index (χ1v) is 14.0. The number of urea groups is 1. The number of piperidine rings is 1. The number of ether oxygens (including phenoxy) is 1. The summed E-state index contributed by atoms with van der Waals surface area (Å²) in [6, 6.07) is 8.03. The molecule has 3 atom stereocenters. The Morgan fingerprint density at radius 3 is 2.59 bits per heavy atom. The van der Waals surface area contributed by atoms with E-state index < -0.39 is 0 Å². The van der Waals surface area contributed by atoms with E-state index in [4.69, 9.17) is 10.00 Å². The number of carbonyl (C=O) groups excluding carboxylic acids is 2. The van der Waals surface area contributed by atoms with Crippen molar-refractivity contribution in [1.29, 1.82) is 5.26 Å². The van der Waals surface area contributed by atoms with Crippen molar-refractivity contribution in [3.05, 3.63) is 53.1 Å². The molecule has 37 heavy (non-hydrogen) atoms. The lowest BCUT2D eigenvalue weighted by Crippen LogP contribution is -2.39. The largest absolute Gasteiger partial charge is 0.373 e. The van der Waals surface area contributed by atoms with Crippen molar-refractivity contribution in [2.45, 2.75) is 75.3 Å². The predicted octanol–water partition coefficient (Wildman–Crippen LogP) is 5.28. The highest BCUT2D eigenvalue weighted by Crippen LogP contribution is 2.47. The molecule has 0 bridgehead atoms. The van der Waals surface area contributed by atoms with Crippen LogP contribution in [0.4, 0.5) is 10.5 Å². The third-order valence-corrected chi connectivity index (χ3v) is 9.11. The molecule has 194 valence electrons. The van der Waals surface area contributed by atoms with Crippen molar-refractivity contribution in [3.8, 4) is 6.07 Å². The third-order valence-electron chi connectivity index (χ3n) is 9.11. The summed E-state index contributed by atoms with van der Waals surface area (Å²) in [4.78, 5) is 28.3. The molecule has 2 unspecified atom stereocenters. The Labute approximate surface area is 218 Å². The maximum atomic E-state index is 13.4. The molecule has 6 rings (SSSR count). The number of benzene rings is 1. The Morgan fingerprint density at radius 2 is 1.95 bits per heavy atom. The van der Waals surface area contributed by atoms with Gasteiger partial charge in [-0.1, -0.05) is 30.7 Å². The molecule has 3 amide bonds. The van der Waals surface area contributed by atoms with Crippen molar-refractivity contribution in [3.63, 3.8) is 0 Å². The minimum absolute atomic E-state index is 0.0142. The van der Waals surface area contributed by atoms with E-state index in [9.17, 15) is 9.59 Å². The average Bonchev–Trinajstić information content (AvgIpc) is 3.32. The van der Waals surface area contributed by atoms with E-state index in [0.717, 1.165) is 69.2 Å². The van der Waals surface area contributed by atoms with Crippen molar-refractivity contribution in [1.82, 2.24) is 10.2 Å². The Balaban J connectivity index is 1.10. The number of anilines is 1. The van der Waals surface area contributed by atoms with Crippen LogP contribution in [0.1, 0.15) is 79.6 Å². The monoisotopic (exact) mass is 500 g/mol. The van der Waals surface area contributed by atoms with Gasteiger partial charge < -0.3 is 20.3 Å². The fraction of sp³-hybridized carbons (Fsp3) is 0.567. The summed E-state index contributed by atoms with van der Waals surface area (Å²) in [5.74, 6) is 0.898. The van der Waals surface area contributed by atoms with Gasteiger partial charge in [0.25, 0.3) is 5.91 Å². The minimum atomic E-state index is -0.212. The number of nitrogens with one attached hydrogen (secondary N) is 2. The van der Waals surface area contributed by atoms with E-state index in [2.05, 4.69) is 28.9 Å². The Kier molecular flexibility index (Phi) is 6.54. The lowest BCUT2D eigenvalue weighted by atomic mass is 9.79. The average molecular weight is 501 g/mol. The molecule has 0 aromatic heterocycles. The van der Waals surface area contributed by atoms with Gasteiger partial charge in [-0.15, -0.1) is 0 Å². The maximum absolute atomic E-state index is 13.4. The van der Waals surface area contributed by atoms with Crippen molar-refractivity contribution >= 4 is 17.6 Å². The molecule has 2 N–H and O–H groups in total. The highest BCUT2D eigenvalue weighted by atomic mass is 16.5. The van der Waals surface area contributed by atoms with E-state index >= 15 is 0 Å². The van der Waals surface area contributed by atoms with Gasteiger partial charge in [-0.2, -0.15) is 5.26 Å². The number of nitriles is 1. The second-order valence-corrected chi connectivity index (χ2v) is 11.4. The molecule has 1 aromatic rings. The van der Waals surface area contributed by atoms with Crippen LogP contribution in [0.3, 0.4) is 0 Å². The molecule has 2 aliphatic heterocycles. The van der Waals surface area contributed by atoms with Gasteiger partial charge in [0.1, 0.15) is 0 Å². The first-order chi connectivity index (χ1) is 18.0. The van der Waals surface area contributed by atoms with Crippen LogP contribution >= 0.6 is 0 Å². The highest BCUT2D eigenvalue weighted by molar-refractivity contribution is 5.97. The van der Waals surface area contributed by atoms with Crippen molar-refractivity contribution in [2.75, 3.05) is 25.0 Å². The molecule has 2 saturated carbocycles. The zero-order valence-corrected chi connectivity index (χ0v) is 21.4. The van der Waals surface area contributed by atoms with Gasteiger partial charge in [-0.3, -0.25) is 4.79 Å². The van der Waals surface area contributed by atoms with E-state index in [-0.39, 0.29) is 29.5 Å². The molecule has 5 aliphatic rings. The number of nitrogens with zero attached hydrogens (tertiary/aromatic N) is 2. The van der Waals surface area contributed by atoms with E-state index in [0.29, 0.717) is 30.5 Å². The number of carbonyl (C=O) groups is 2. The highest BCUT2D eigenvalue weighted by Gasteiger charge is 2.58. The maximum Gasteiger partial charge on any atom is 0.319 e. The van der Waals surface area contributed by atoms with Gasteiger partial charge in [0, 0.05) is 37.4 Å². The van der Waals surface area contributed by atoms with E-state index in [1.54, 1.807) is 0 Å². The molecule has 2 heterocycles. The summed E-state index contributed by atoms with van der Waals surface area (Å²) >= 11 is 0. The molecular formula is C30H36N4O3. The number of rotatable bonds is 5. The van der Waals surface area contributed by atoms with Crippen LogP contribution in [0.25, 0.3) is 0 Å². The Hall–Kier alpha value is -3.11. The first-order valence-electron chi connectivity index (χ1n) is 14.0. The zero-order chi connectivity index (χ0) is 25.4. The molecule has 3 aliphatic carbocycles. The van der Waals surface area contributed by atoms with Crippen LogP contribution in [0.15, 0.2) is 42.0 Å². The third kappa shape index (κ3) is 4.92. The Bertz CT molecular complexity index is 1160. The smallest absolute Gasteiger partial charge is 0.319 e. The van der Waals surface area contributed by atoms with Crippen molar-refractivity contribution < 1.29 is 14.3 Å². The summed E-state index contributed by atoms with van der Waals surface area (Å²) in [5.41, 5.74) is 3.69. The van der Waals surface area contributed by atoms with Crippen molar-refractivity contribution in [2.24, 2.45) is 11.8 Å². The lowest BCUT2D eigenvalue weighted by molar-refractivity contribution is 0.0703. The van der Waals surface area contributed by atoms with Gasteiger partial charge >= 0.3 is 6.03 Å². The van der Waals surface area contributed by atoms with Gasteiger partial charge in [-0.05, 0) is 80.1 Å². The molecule has 0 radical (unpaired) electrons. The van der Waals surface area contributed by atoms with Crippen LogP contribution in [-0.4, -0.2) is 48.2 Å². The van der Waals surface area contributed by atoms with Gasteiger partial charge in [0.15, 0.2) is 0 Å². The second-order valence-electron chi connectivity index (χ2n) is 11.4. The van der Waals surface area contributed by atoms with Gasteiger partial charge in [0.2, 0.25) is 0 Å². The topological polar surface area (TPSA) is 94.5 Å². The molecular weight excluding hydrogens is 464 g/mol. The summed E-state index contributed by atoms with van der Waals surface area (Å²) in [5, 5.41) is 15.3. The fourth-order valence-corrected chi connectivity index (χ4v) is 6.45. The van der Waals surface area contributed by atoms with Crippen LogP contribution in [0, 0.1) is 23.2 Å². The van der Waals surface area contributed by atoms with Crippen LogP contribution < -0.4 is 10.6 Å². The summed E-state index contributed by atoms with van der Waals surface area (Å²) in [7, 11) is 0.